The molecule has 6 aromatic rings. The maximum atomic E-state index is 2.64. The first kappa shape index (κ1) is 35.6. The molecular formula is C54H50N2. The van der Waals surface area contributed by atoms with Crippen molar-refractivity contribution in [2.24, 2.45) is 0 Å². The number of para-hydroxylation sites is 2. The minimum atomic E-state index is 0.0306. The van der Waals surface area contributed by atoms with Crippen molar-refractivity contribution < 1.29 is 0 Å². The molecule has 0 amide bonds. The molecule has 0 saturated heterocycles. The van der Waals surface area contributed by atoms with Crippen LogP contribution in [0.15, 0.2) is 212 Å². The molecule has 3 aliphatic rings. The Morgan fingerprint density at radius 1 is 0.411 bits per heavy atom. The minimum absolute atomic E-state index is 0.0306. The molecule has 0 aromatic heterocycles. The predicted octanol–water partition coefficient (Wildman–Crippen LogP) is 14.2. The third-order valence-electron chi connectivity index (χ3n) is 12.2. The van der Waals surface area contributed by atoms with Crippen molar-refractivity contribution in [3.05, 3.63) is 223 Å². The second kappa shape index (κ2) is 16.3. The second-order valence-electron chi connectivity index (χ2n) is 15.5. The average Bonchev–Trinajstić information content (AvgIpc) is 3.29. The van der Waals surface area contributed by atoms with Gasteiger partial charge in [-0.05, 0) is 108 Å². The van der Waals surface area contributed by atoms with Gasteiger partial charge in [-0.1, -0.05) is 177 Å². The zero-order valence-electron chi connectivity index (χ0n) is 32.1. The lowest BCUT2D eigenvalue weighted by molar-refractivity contribution is 0.343. The third kappa shape index (κ3) is 7.32. The van der Waals surface area contributed by atoms with Crippen molar-refractivity contribution in [3.8, 4) is 11.1 Å². The first-order valence-corrected chi connectivity index (χ1v) is 20.5. The van der Waals surface area contributed by atoms with Gasteiger partial charge in [-0.2, -0.15) is 0 Å². The molecule has 6 aromatic carbocycles. The summed E-state index contributed by atoms with van der Waals surface area (Å²) in [5.41, 5.74) is 12.8. The summed E-state index contributed by atoms with van der Waals surface area (Å²) in [6, 6.07) is 62.3. The Kier molecular flexibility index (Phi) is 10.4. The predicted molar refractivity (Wildman–Crippen MR) is 238 cm³/mol. The van der Waals surface area contributed by atoms with Crippen molar-refractivity contribution in [1.82, 2.24) is 0 Å². The third-order valence-corrected chi connectivity index (χ3v) is 12.2. The van der Waals surface area contributed by atoms with Crippen molar-refractivity contribution >= 4 is 28.3 Å². The number of allylic oxidation sites excluding steroid dienone is 4. The molecule has 2 unspecified atom stereocenters. The standard InChI is InChI=1S/C54H50N2/c1-6-16-42(17-7-1)44-24-32-50(33-25-44)55(48-20-10-3-11-21-48)52-36-28-46(29-37-52)54(40-14-5-15-41-54)47-30-38-53(39-31-47)56(49-22-12-4-13-23-49)51-34-26-45(27-35-51)43-18-8-2-9-19-43/h1-4,6-13,16-34,36-38,51,53H,5,14-15,35,39-41H2. The Labute approximate surface area is 333 Å². The highest BCUT2D eigenvalue weighted by Gasteiger charge is 2.38. The van der Waals surface area contributed by atoms with Crippen molar-refractivity contribution in [2.45, 2.75) is 62.4 Å². The lowest BCUT2D eigenvalue weighted by Crippen LogP contribution is -2.43. The first-order chi connectivity index (χ1) is 27.7. The number of hydrogen-bond acceptors (Lipinski definition) is 2. The molecule has 1 fully saturated rings. The van der Waals surface area contributed by atoms with E-state index in [9.17, 15) is 0 Å². The fourth-order valence-electron chi connectivity index (χ4n) is 9.35. The molecule has 2 heteroatoms. The average molecular weight is 727 g/mol. The molecular weight excluding hydrogens is 677 g/mol. The van der Waals surface area contributed by atoms with Crippen LogP contribution < -0.4 is 9.80 Å². The SMILES string of the molecule is C1=CC(N(c2ccccc2)C2C=CC(C3(c4ccc(N(c5ccccc5)c5ccc(-c6ccccc6)cc5)cc4)CCCCC3)=CC2)CC=C1c1ccccc1. The van der Waals surface area contributed by atoms with Crippen LogP contribution in [0.3, 0.4) is 0 Å². The Morgan fingerprint density at radius 3 is 1.45 bits per heavy atom. The van der Waals surface area contributed by atoms with Gasteiger partial charge >= 0.3 is 0 Å². The van der Waals surface area contributed by atoms with Gasteiger partial charge in [-0.25, -0.2) is 0 Å². The highest BCUT2D eigenvalue weighted by molar-refractivity contribution is 5.79. The summed E-state index contributed by atoms with van der Waals surface area (Å²) in [6.45, 7) is 0. The Hall–Kier alpha value is -6.12. The van der Waals surface area contributed by atoms with E-state index >= 15 is 0 Å². The van der Waals surface area contributed by atoms with Crippen molar-refractivity contribution in [1.29, 1.82) is 0 Å². The normalized spacial score (nSPS) is 18.8. The summed E-state index contributed by atoms with van der Waals surface area (Å²) < 4.78 is 0. The second-order valence-corrected chi connectivity index (χ2v) is 15.5. The maximum absolute atomic E-state index is 2.64. The highest BCUT2D eigenvalue weighted by atomic mass is 15.2. The zero-order valence-corrected chi connectivity index (χ0v) is 32.1. The van der Waals surface area contributed by atoms with Crippen LogP contribution in [0.2, 0.25) is 0 Å². The number of nitrogens with zero attached hydrogens (tertiary/aromatic N) is 2. The van der Waals surface area contributed by atoms with Gasteiger partial charge in [0.2, 0.25) is 0 Å². The van der Waals surface area contributed by atoms with E-state index in [4.69, 9.17) is 0 Å². The molecule has 0 bridgehead atoms. The van der Waals surface area contributed by atoms with Crippen LogP contribution in [-0.2, 0) is 5.41 Å². The number of benzene rings is 6. The minimum Gasteiger partial charge on any atom is -0.358 e. The van der Waals surface area contributed by atoms with Crippen LogP contribution in [0.4, 0.5) is 22.7 Å². The molecule has 0 N–H and O–H groups in total. The molecule has 1 saturated carbocycles. The lowest BCUT2D eigenvalue weighted by atomic mass is 9.64. The molecule has 3 aliphatic carbocycles. The molecule has 0 radical (unpaired) electrons. The topological polar surface area (TPSA) is 6.48 Å². The molecule has 2 nitrogen and oxygen atoms in total. The van der Waals surface area contributed by atoms with E-state index in [1.54, 1.807) is 0 Å². The molecule has 0 heterocycles. The first-order valence-electron chi connectivity index (χ1n) is 20.5. The molecule has 0 aliphatic heterocycles. The van der Waals surface area contributed by atoms with Crippen molar-refractivity contribution in [2.75, 3.05) is 9.80 Å². The van der Waals surface area contributed by atoms with Gasteiger partial charge < -0.3 is 9.80 Å². The number of hydrogen-bond donors (Lipinski definition) is 0. The molecule has 0 spiro atoms. The Bertz CT molecular complexity index is 2310. The number of anilines is 4. The molecule has 276 valence electrons. The largest absolute Gasteiger partial charge is 0.358 e. The van der Waals surface area contributed by atoms with Crippen LogP contribution in [-0.4, -0.2) is 12.1 Å². The fourth-order valence-corrected chi connectivity index (χ4v) is 9.35. The van der Waals surface area contributed by atoms with E-state index in [1.165, 1.54) is 76.9 Å². The molecule has 56 heavy (non-hydrogen) atoms. The van der Waals surface area contributed by atoms with E-state index in [0.717, 1.165) is 24.2 Å². The van der Waals surface area contributed by atoms with E-state index in [1.807, 2.05) is 0 Å². The summed E-state index contributed by atoms with van der Waals surface area (Å²) in [4.78, 5) is 5.03. The fraction of sp³-hybridized carbons (Fsp3) is 0.185. The van der Waals surface area contributed by atoms with Crippen LogP contribution in [0, 0.1) is 0 Å². The quantitative estimate of drug-likeness (QED) is 0.139. The summed E-state index contributed by atoms with van der Waals surface area (Å²) in [7, 11) is 0. The molecule has 2 atom stereocenters. The van der Waals surface area contributed by atoms with Gasteiger partial charge in [0, 0.05) is 28.2 Å². The van der Waals surface area contributed by atoms with Crippen LogP contribution >= 0.6 is 0 Å². The van der Waals surface area contributed by atoms with Crippen LogP contribution in [0.1, 0.15) is 56.1 Å². The van der Waals surface area contributed by atoms with Gasteiger partial charge in [0.15, 0.2) is 0 Å². The Morgan fingerprint density at radius 2 is 0.893 bits per heavy atom. The van der Waals surface area contributed by atoms with Gasteiger partial charge in [-0.3, -0.25) is 0 Å². The van der Waals surface area contributed by atoms with Crippen LogP contribution in [0.25, 0.3) is 16.7 Å². The smallest absolute Gasteiger partial charge is 0.0517 e. The van der Waals surface area contributed by atoms with Gasteiger partial charge in [0.05, 0.1) is 12.1 Å². The van der Waals surface area contributed by atoms with Gasteiger partial charge in [0.1, 0.15) is 0 Å². The highest BCUT2D eigenvalue weighted by Crippen LogP contribution is 2.48. The number of rotatable bonds is 10. The molecule has 9 rings (SSSR count). The van der Waals surface area contributed by atoms with E-state index < -0.39 is 0 Å². The maximum Gasteiger partial charge on any atom is 0.0517 e. The van der Waals surface area contributed by atoms with E-state index in [2.05, 4.69) is 216 Å². The van der Waals surface area contributed by atoms with E-state index in [0.29, 0.717) is 12.1 Å². The van der Waals surface area contributed by atoms with Gasteiger partial charge in [-0.15, -0.1) is 0 Å². The zero-order chi connectivity index (χ0) is 37.6. The van der Waals surface area contributed by atoms with Gasteiger partial charge in [0.25, 0.3) is 0 Å². The lowest BCUT2D eigenvalue weighted by Gasteiger charge is -2.43. The van der Waals surface area contributed by atoms with E-state index in [-0.39, 0.29) is 5.41 Å². The summed E-state index contributed by atoms with van der Waals surface area (Å²) in [5.74, 6) is 0. The Balaban J connectivity index is 0.989. The van der Waals surface area contributed by atoms with Crippen molar-refractivity contribution in [3.63, 3.8) is 0 Å². The summed E-state index contributed by atoms with van der Waals surface area (Å²) >= 11 is 0. The summed E-state index contributed by atoms with van der Waals surface area (Å²) in [5, 5.41) is 0. The summed E-state index contributed by atoms with van der Waals surface area (Å²) in [6.07, 6.45) is 23.0. The van der Waals surface area contributed by atoms with Crippen LogP contribution in [0.5, 0.6) is 0 Å². The monoisotopic (exact) mass is 726 g/mol.